The minimum Gasteiger partial charge on any atom is -0.380 e. The maximum atomic E-state index is 5.14. The Balaban J connectivity index is 2.39. The zero-order valence-corrected chi connectivity index (χ0v) is 7.68. The maximum absolute atomic E-state index is 5.14. The summed E-state index contributed by atoms with van der Waals surface area (Å²) in [5, 5.41) is 0. The fourth-order valence-corrected chi connectivity index (χ4v) is 1.88. The number of methoxy groups -OCH3 is 1. The number of hydrogen-bond donors (Lipinski definition) is 0. The van der Waals surface area contributed by atoms with E-state index in [4.69, 9.17) is 4.74 Å². The lowest BCUT2D eigenvalue weighted by atomic mass is 9.82. The Labute approximate surface area is 73.4 Å². The smallest absolute Gasteiger partial charge is 0.0715 e. The quantitative estimate of drug-likeness (QED) is 0.648. The van der Waals surface area contributed by atoms with Gasteiger partial charge in [-0.05, 0) is 42.0 Å². The topological polar surface area (TPSA) is 9.23 Å². The minimum atomic E-state index is 0.766. The highest BCUT2D eigenvalue weighted by Crippen LogP contribution is 2.29. The first-order valence-corrected chi connectivity index (χ1v) is 4.42. The van der Waals surface area contributed by atoms with E-state index in [1.54, 1.807) is 12.7 Å². The zero-order valence-electron chi connectivity index (χ0n) is 7.68. The molecule has 64 valence electrons. The van der Waals surface area contributed by atoms with Crippen LogP contribution in [0.5, 0.6) is 0 Å². The van der Waals surface area contributed by atoms with E-state index in [9.17, 15) is 0 Å². The molecule has 0 unspecified atom stereocenters. The molecule has 0 aromatic heterocycles. The molecule has 1 aromatic carbocycles. The van der Waals surface area contributed by atoms with E-state index in [1.165, 1.54) is 29.5 Å². The molecule has 1 aliphatic carbocycles. The van der Waals surface area contributed by atoms with Crippen LogP contribution >= 0.6 is 0 Å². The summed E-state index contributed by atoms with van der Waals surface area (Å²) in [6.45, 7) is 2.96. The molecule has 1 heteroatoms. The van der Waals surface area contributed by atoms with Crippen LogP contribution in [0.3, 0.4) is 0 Å². The van der Waals surface area contributed by atoms with Crippen LogP contribution in [0.2, 0.25) is 0 Å². The normalized spacial score (nSPS) is 13.8. The highest BCUT2D eigenvalue weighted by molar-refractivity contribution is 5.46. The van der Waals surface area contributed by atoms with Crippen LogP contribution in [0.1, 0.15) is 22.3 Å². The van der Waals surface area contributed by atoms with Crippen molar-refractivity contribution in [3.05, 3.63) is 34.4 Å². The number of hydrogen-bond acceptors (Lipinski definition) is 1. The molecule has 0 heterocycles. The Morgan fingerprint density at radius 1 is 1.25 bits per heavy atom. The van der Waals surface area contributed by atoms with Crippen molar-refractivity contribution in [2.75, 3.05) is 7.11 Å². The third-order valence-corrected chi connectivity index (χ3v) is 2.69. The molecule has 1 aliphatic rings. The van der Waals surface area contributed by atoms with E-state index in [2.05, 4.69) is 19.1 Å². The number of benzene rings is 1. The van der Waals surface area contributed by atoms with Gasteiger partial charge < -0.3 is 4.74 Å². The van der Waals surface area contributed by atoms with Crippen LogP contribution in [0.15, 0.2) is 12.1 Å². The van der Waals surface area contributed by atoms with Crippen molar-refractivity contribution in [2.24, 2.45) is 0 Å². The fourth-order valence-electron chi connectivity index (χ4n) is 1.88. The van der Waals surface area contributed by atoms with Crippen LogP contribution in [0, 0.1) is 6.92 Å². The number of aryl methyl sites for hydroxylation is 1. The molecule has 0 N–H and O–H groups in total. The third kappa shape index (κ3) is 1.05. The maximum Gasteiger partial charge on any atom is 0.0715 e. The second-order valence-electron chi connectivity index (χ2n) is 3.43. The van der Waals surface area contributed by atoms with Crippen LogP contribution in [-0.4, -0.2) is 7.11 Å². The first-order chi connectivity index (χ1) is 5.83. The molecule has 0 atom stereocenters. The SMILES string of the molecule is COCc1ccc(C)c2c1CC2. The zero-order chi connectivity index (χ0) is 8.55. The largest absolute Gasteiger partial charge is 0.380 e. The van der Waals surface area contributed by atoms with Gasteiger partial charge in [-0.2, -0.15) is 0 Å². The van der Waals surface area contributed by atoms with Gasteiger partial charge in [0.2, 0.25) is 0 Å². The third-order valence-electron chi connectivity index (χ3n) is 2.69. The second kappa shape index (κ2) is 2.91. The van der Waals surface area contributed by atoms with Crippen LogP contribution in [0.25, 0.3) is 0 Å². The summed E-state index contributed by atoms with van der Waals surface area (Å²) in [6, 6.07) is 4.39. The van der Waals surface area contributed by atoms with Crippen LogP contribution < -0.4 is 0 Å². The Morgan fingerprint density at radius 3 is 2.58 bits per heavy atom. The van der Waals surface area contributed by atoms with Gasteiger partial charge in [0.1, 0.15) is 0 Å². The van der Waals surface area contributed by atoms with Crippen molar-refractivity contribution in [3.8, 4) is 0 Å². The summed E-state index contributed by atoms with van der Waals surface area (Å²) >= 11 is 0. The van der Waals surface area contributed by atoms with Crippen molar-refractivity contribution in [2.45, 2.75) is 26.4 Å². The monoisotopic (exact) mass is 162 g/mol. The van der Waals surface area contributed by atoms with Crippen molar-refractivity contribution >= 4 is 0 Å². The molecule has 0 fully saturated rings. The van der Waals surface area contributed by atoms with E-state index < -0.39 is 0 Å². The van der Waals surface area contributed by atoms with Gasteiger partial charge in [0, 0.05) is 7.11 Å². The van der Waals surface area contributed by atoms with E-state index in [0.29, 0.717) is 0 Å². The Hall–Kier alpha value is -0.820. The van der Waals surface area contributed by atoms with Gasteiger partial charge in [-0.15, -0.1) is 0 Å². The first kappa shape index (κ1) is 7.81. The van der Waals surface area contributed by atoms with Crippen LogP contribution in [0.4, 0.5) is 0 Å². The molecule has 0 radical (unpaired) electrons. The van der Waals surface area contributed by atoms with Gasteiger partial charge in [0.25, 0.3) is 0 Å². The van der Waals surface area contributed by atoms with Gasteiger partial charge in [-0.3, -0.25) is 0 Å². The molecule has 0 bridgehead atoms. The minimum absolute atomic E-state index is 0.766. The molecule has 0 saturated carbocycles. The van der Waals surface area contributed by atoms with Gasteiger partial charge in [-0.25, -0.2) is 0 Å². The van der Waals surface area contributed by atoms with Crippen molar-refractivity contribution < 1.29 is 4.74 Å². The van der Waals surface area contributed by atoms with E-state index in [1.807, 2.05) is 0 Å². The van der Waals surface area contributed by atoms with Gasteiger partial charge >= 0.3 is 0 Å². The molecule has 0 aliphatic heterocycles. The first-order valence-electron chi connectivity index (χ1n) is 4.42. The van der Waals surface area contributed by atoms with Crippen molar-refractivity contribution in [3.63, 3.8) is 0 Å². The van der Waals surface area contributed by atoms with Gasteiger partial charge in [-0.1, -0.05) is 12.1 Å². The summed E-state index contributed by atoms with van der Waals surface area (Å²) in [7, 11) is 1.75. The molecule has 0 amide bonds. The number of rotatable bonds is 2. The molecular formula is C11H14O. The summed E-state index contributed by atoms with van der Waals surface area (Å²) in [5.74, 6) is 0. The summed E-state index contributed by atoms with van der Waals surface area (Å²) < 4.78 is 5.14. The molecule has 1 nitrogen and oxygen atoms in total. The second-order valence-corrected chi connectivity index (χ2v) is 3.43. The standard InChI is InChI=1S/C11H14O/c1-8-3-4-9(7-12-2)11-6-5-10(8)11/h3-4H,5-7H2,1-2H3. The van der Waals surface area contributed by atoms with E-state index in [-0.39, 0.29) is 0 Å². The molecule has 12 heavy (non-hydrogen) atoms. The van der Waals surface area contributed by atoms with E-state index in [0.717, 1.165) is 6.61 Å². The fraction of sp³-hybridized carbons (Fsp3) is 0.455. The predicted octanol–water partition coefficient (Wildman–Crippen LogP) is 2.24. The molecule has 1 aromatic rings. The van der Waals surface area contributed by atoms with Gasteiger partial charge in [0.15, 0.2) is 0 Å². The van der Waals surface area contributed by atoms with Crippen molar-refractivity contribution in [1.82, 2.24) is 0 Å². The summed E-state index contributed by atoms with van der Waals surface area (Å²) in [6.07, 6.45) is 2.51. The van der Waals surface area contributed by atoms with Gasteiger partial charge in [0.05, 0.1) is 6.61 Å². The Morgan fingerprint density at radius 2 is 2.00 bits per heavy atom. The molecule has 2 rings (SSSR count). The highest BCUT2D eigenvalue weighted by atomic mass is 16.5. The lowest BCUT2D eigenvalue weighted by molar-refractivity contribution is 0.183. The van der Waals surface area contributed by atoms with Crippen molar-refractivity contribution in [1.29, 1.82) is 0 Å². The summed E-state index contributed by atoms with van der Waals surface area (Å²) in [5.41, 5.74) is 5.92. The number of fused-ring (bicyclic) bond motifs is 1. The molecular weight excluding hydrogens is 148 g/mol. The average Bonchev–Trinajstić information content (AvgIpc) is 1.96. The molecule has 0 saturated heterocycles. The number of ether oxygens (including phenoxy) is 1. The lowest BCUT2D eigenvalue weighted by Crippen LogP contribution is -2.14. The molecule has 0 spiro atoms. The van der Waals surface area contributed by atoms with Crippen LogP contribution in [-0.2, 0) is 24.2 Å². The van der Waals surface area contributed by atoms with E-state index >= 15 is 0 Å². The Kier molecular flexibility index (Phi) is 1.89. The Bertz CT molecular complexity index is 302. The summed E-state index contributed by atoms with van der Waals surface area (Å²) in [4.78, 5) is 0. The highest BCUT2D eigenvalue weighted by Gasteiger charge is 2.18. The average molecular weight is 162 g/mol. The lowest BCUT2D eigenvalue weighted by Gasteiger charge is -2.24. The predicted molar refractivity (Wildman–Crippen MR) is 49.3 cm³/mol.